The van der Waals surface area contributed by atoms with Crippen LogP contribution in [0.4, 0.5) is 17.1 Å². The molecule has 51 heavy (non-hydrogen) atoms. The van der Waals surface area contributed by atoms with Crippen LogP contribution in [-0.4, -0.2) is 31.8 Å². The van der Waals surface area contributed by atoms with E-state index in [1.807, 2.05) is 24.3 Å². The van der Waals surface area contributed by atoms with Crippen molar-refractivity contribution >= 4 is 54.0 Å². The van der Waals surface area contributed by atoms with Crippen LogP contribution in [0.15, 0.2) is 117 Å². The minimum Gasteiger partial charge on any atom is -0.870 e. The number of rotatable bonds is 9. The Morgan fingerprint density at radius 3 is 2.12 bits per heavy atom. The Hall–Kier alpha value is -3.15. The summed E-state index contributed by atoms with van der Waals surface area (Å²) in [5.74, 6) is -0.614. The summed E-state index contributed by atoms with van der Waals surface area (Å²) >= 11 is 0. The SMILES string of the molecule is O=C(Nc1cc(S(=O)(=O)[O-])cc2cc(S(=O)(=O)O)c(N=Nc3ccccc3Oc3ccc(C4CCCCC4)cc3)c([O-])c12)c1ccccc1.[Na+].[Na+]. The monoisotopic (exact) mass is 745 g/mol. The summed E-state index contributed by atoms with van der Waals surface area (Å²) in [7, 11) is -10.3. The summed E-state index contributed by atoms with van der Waals surface area (Å²) in [6.45, 7) is 0. The van der Waals surface area contributed by atoms with Gasteiger partial charge in [0.15, 0.2) is 5.75 Å². The average Bonchev–Trinajstić information content (AvgIpc) is 3.08. The number of hydrogen-bond donors (Lipinski definition) is 2. The van der Waals surface area contributed by atoms with Gasteiger partial charge in [0.1, 0.15) is 26.5 Å². The fourth-order valence-corrected chi connectivity index (χ4v) is 7.05. The van der Waals surface area contributed by atoms with Crippen molar-refractivity contribution in [1.82, 2.24) is 0 Å². The van der Waals surface area contributed by atoms with E-state index in [-0.39, 0.29) is 86.9 Å². The molecule has 0 unspecified atom stereocenters. The Labute approximate surface area is 339 Å². The molecular weight excluding hydrogens is 717 g/mol. The summed E-state index contributed by atoms with van der Waals surface area (Å²) in [5, 5.41) is 23.6. The van der Waals surface area contributed by atoms with E-state index in [1.54, 1.807) is 36.4 Å². The zero-order chi connectivity index (χ0) is 34.8. The molecule has 1 saturated carbocycles. The van der Waals surface area contributed by atoms with Gasteiger partial charge in [-0.15, -0.1) is 10.2 Å². The largest absolute Gasteiger partial charge is 1.00 e. The van der Waals surface area contributed by atoms with Gasteiger partial charge in [0.2, 0.25) is 0 Å². The van der Waals surface area contributed by atoms with Crippen LogP contribution in [0.2, 0.25) is 0 Å². The van der Waals surface area contributed by atoms with Crippen molar-refractivity contribution in [2.75, 3.05) is 5.32 Å². The third-order valence-corrected chi connectivity index (χ3v) is 9.94. The molecule has 0 atom stereocenters. The molecule has 0 spiro atoms. The van der Waals surface area contributed by atoms with Crippen LogP contribution in [0.25, 0.3) is 10.8 Å². The number of fused-ring (bicyclic) bond motifs is 1. The number of nitrogens with one attached hydrogen (secondary N) is 1. The molecule has 252 valence electrons. The predicted molar refractivity (Wildman–Crippen MR) is 179 cm³/mol. The maximum atomic E-state index is 13.9. The minimum absolute atomic E-state index is 0. The normalized spacial score (nSPS) is 13.7. The van der Waals surface area contributed by atoms with Gasteiger partial charge in [0, 0.05) is 11.3 Å². The summed E-state index contributed by atoms with van der Waals surface area (Å²) < 4.78 is 77.0. The van der Waals surface area contributed by atoms with Crippen LogP contribution in [0.1, 0.15) is 53.9 Å². The Bertz CT molecular complexity index is 2300. The van der Waals surface area contributed by atoms with Crippen molar-refractivity contribution in [2.24, 2.45) is 10.2 Å². The fourth-order valence-electron chi connectivity index (χ4n) is 5.86. The summed E-state index contributed by atoms with van der Waals surface area (Å²) in [5.41, 5.74) is 0.272. The first-order valence-corrected chi connectivity index (χ1v) is 18.1. The van der Waals surface area contributed by atoms with Gasteiger partial charge in [-0.3, -0.25) is 9.35 Å². The topological polar surface area (TPSA) is 198 Å². The number of amides is 1. The van der Waals surface area contributed by atoms with E-state index >= 15 is 0 Å². The van der Waals surface area contributed by atoms with Crippen molar-refractivity contribution < 1.29 is 99.7 Å². The molecule has 1 aliphatic carbocycles. The molecule has 0 saturated heterocycles. The van der Waals surface area contributed by atoms with Crippen LogP contribution >= 0.6 is 0 Å². The number of carbonyl (C=O) groups excluding carboxylic acids is 1. The van der Waals surface area contributed by atoms with Gasteiger partial charge in [0.05, 0.1) is 10.6 Å². The predicted octanol–water partition coefficient (Wildman–Crippen LogP) is 1.58. The Kier molecular flexibility index (Phi) is 13.6. The molecule has 0 radical (unpaired) electrons. The molecule has 2 N–H and O–H groups in total. The van der Waals surface area contributed by atoms with Crippen LogP contribution in [-0.2, 0) is 20.2 Å². The molecule has 1 aliphatic rings. The van der Waals surface area contributed by atoms with Crippen molar-refractivity contribution in [3.63, 3.8) is 0 Å². The zero-order valence-electron chi connectivity index (χ0n) is 27.8. The molecule has 0 aliphatic heterocycles. The van der Waals surface area contributed by atoms with Crippen LogP contribution in [0.5, 0.6) is 17.2 Å². The first kappa shape index (κ1) is 40.6. The first-order valence-electron chi connectivity index (χ1n) is 15.3. The van der Waals surface area contributed by atoms with E-state index in [0.29, 0.717) is 11.7 Å². The van der Waals surface area contributed by atoms with Crippen LogP contribution < -0.4 is 74.3 Å². The van der Waals surface area contributed by atoms with Crippen LogP contribution in [0, 0.1) is 0 Å². The van der Waals surface area contributed by atoms with E-state index in [1.165, 1.54) is 43.0 Å². The number of nitrogens with zero attached hydrogens (tertiary/aromatic N) is 2. The fraction of sp³-hybridized carbons (Fsp3) is 0.171. The molecule has 1 amide bonds. The van der Waals surface area contributed by atoms with Crippen molar-refractivity contribution in [3.8, 4) is 17.2 Å². The van der Waals surface area contributed by atoms with Crippen molar-refractivity contribution in [2.45, 2.75) is 47.8 Å². The second-order valence-electron chi connectivity index (χ2n) is 11.5. The summed E-state index contributed by atoms with van der Waals surface area (Å²) in [4.78, 5) is 11.2. The Balaban J connectivity index is 0.00000292. The van der Waals surface area contributed by atoms with E-state index < -0.39 is 53.1 Å². The van der Waals surface area contributed by atoms with Gasteiger partial charge in [0.25, 0.3) is 16.0 Å². The van der Waals surface area contributed by atoms with Crippen molar-refractivity contribution in [1.29, 1.82) is 0 Å². The molecule has 0 aromatic heterocycles. The molecular formula is C35H29N3Na2O9S2. The number of benzene rings is 5. The second-order valence-corrected chi connectivity index (χ2v) is 14.3. The number of azo groups is 1. The van der Waals surface area contributed by atoms with Gasteiger partial charge in [-0.1, -0.05) is 67.5 Å². The molecule has 16 heteroatoms. The molecule has 0 heterocycles. The average molecular weight is 746 g/mol. The van der Waals surface area contributed by atoms with Crippen LogP contribution in [0.3, 0.4) is 0 Å². The van der Waals surface area contributed by atoms with E-state index in [0.717, 1.165) is 31.0 Å². The maximum absolute atomic E-state index is 13.9. The third-order valence-electron chi connectivity index (χ3n) is 8.26. The molecule has 0 bridgehead atoms. The molecule has 1 fully saturated rings. The zero-order valence-corrected chi connectivity index (χ0v) is 33.4. The molecule has 5 aromatic carbocycles. The van der Waals surface area contributed by atoms with Crippen molar-refractivity contribution in [3.05, 3.63) is 108 Å². The van der Waals surface area contributed by atoms with Gasteiger partial charge < -0.3 is 19.7 Å². The number of anilines is 1. The number of ether oxygens (including phenoxy) is 1. The minimum atomic E-state index is -5.15. The Morgan fingerprint density at radius 1 is 0.824 bits per heavy atom. The number of carbonyl (C=O) groups is 1. The van der Waals surface area contributed by atoms with E-state index in [4.69, 9.17) is 4.74 Å². The smallest absolute Gasteiger partial charge is 0.870 e. The summed E-state index contributed by atoms with van der Waals surface area (Å²) in [6.07, 6.45) is 5.95. The first-order chi connectivity index (χ1) is 23.4. The second kappa shape index (κ2) is 17.1. The van der Waals surface area contributed by atoms with Gasteiger partial charge in [-0.2, -0.15) is 8.42 Å². The molecule has 6 rings (SSSR count). The van der Waals surface area contributed by atoms with Gasteiger partial charge in [-0.25, -0.2) is 8.42 Å². The maximum Gasteiger partial charge on any atom is 1.00 e. The number of para-hydroxylation sites is 1. The van der Waals surface area contributed by atoms with Gasteiger partial charge >= 0.3 is 59.1 Å². The number of hydrogen-bond acceptors (Lipinski definition) is 10. The Morgan fingerprint density at radius 2 is 1.47 bits per heavy atom. The van der Waals surface area contributed by atoms with Gasteiger partial charge in [-0.05, 0) is 89.7 Å². The standard InChI is InChI=1S/C35H31N3O9S2.2Na/c39-34-32-25(19-27(48(41,42)43)21-29(32)36-35(40)24-11-5-2-6-12-24)20-31(49(44,45)46)33(34)38-37-28-13-7-8-14-30(28)47-26-17-15-23(16-18-26)22-9-3-1-4-10-22;;/h2,5-8,11-22,39H,1,3-4,9-10H2,(H,36,40)(H,41,42,43)(H,44,45,46);;/q;2*+1/p-2. The van der Waals surface area contributed by atoms with E-state index in [9.17, 15) is 35.8 Å². The summed E-state index contributed by atoms with van der Waals surface area (Å²) in [6, 6.07) is 24.3. The molecule has 5 aromatic rings. The van der Waals surface area contributed by atoms with E-state index in [2.05, 4.69) is 15.5 Å². The quantitative estimate of drug-likeness (QED) is 0.128. The third kappa shape index (κ3) is 9.64. The molecule has 12 nitrogen and oxygen atoms in total.